The number of nitrogens with zero attached hydrogens (tertiary/aromatic N) is 1. The highest BCUT2D eigenvalue weighted by atomic mass is 35.5. The van der Waals surface area contributed by atoms with Gasteiger partial charge in [-0.25, -0.2) is 10.2 Å². The standard InChI is InChI=1S/C24H20Cl2N2O5/c1-2-31-22-13-16(3-12-21(22)33-24(30)17-4-6-18(25)7-5-17)14-27-28-23(29)15-32-20-10-8-19(26)9-11-20/h3-14H,2,15H2,1H3,(H,28,29)/b27-14+. The summed E-state index contributed by atoms with van der Waals surface area (Å²) in [6.07, 6.45) is 1.44. The van der Waals surface area contributed by atoms with Gasteiger partial charge >= 0.3 is 5.97 Å². The number of halogens is 2. The summed E-state index contributed by atoms with van der Waals surface area (Å²) in [5.41, 5.74) is 3.37. The molecule has 3 aromatic rings. The number of esters is 1. The van der Waals surface area contributed by atoms with Gasteiger partial charge in [-0.1, -0.05) is 23.2 Å². The molecule has 0 aliphatic carbocycles. The minimum atomic E-state index is -0.540. The van der Waals surface area contributed by atoms with E-state index in [4.69, 9.17) is 37.4 Å². The molecule has 1 amide bonds. The molecule has 0 unspecified atom stereocenters. The van der Waals surface area contributed by atoms with Crippen molar-refractivity contribution in [2.24, 2.45) is 5.10 Å². The molecule has 0 bridgehead atoms. The van der Waals surface area contributed by atoms with Gasteiger partial charge in [0, 0.05) is 10.0 Å². The molecule has 0 aliphatic rings. The van der Waals surface area contributed by atoms with Crippen molar-refractivity contribution in [3.8, 4) is 17.2 Å². The zero-order chi connectivity index (χ0) is 23.6. The van der Waals surface area contributed by atoms with Crippen LogP contribution in [0.4, 0.5) is 0 Å². The molecule has 33 heavy (non-hydrogen) atoms. The Morgan fingerprint density at radius 3 is 2.24 bits per heavy atom. The normalized spacial score (nSPS) is 10.6. The van der Waals surface area contributed by atoms with Crippen LogP contribution in [0.15, 0.2) is 71.8 Å². The molecule has 9 heteroatoms. The SMILES string of the molecule is CCOc1cc(/C=N/NC(=O)COc2ccc(Cl)cc2)ccc1OC(=O)c1ccc(Cl)cc1. The quantitative estimate of drug-likeness (QED) is 0.196. The van der Waals surface area contributed by atoms with Gasteiger partial charge in [0.2, 0.25) is 0 Å². The lowest BCUT2D eigenvalue weighted by Gasteiger charge is -2.11. The molecule has 0 heterocycles. The van der Waals surface area contributed by atoms with Crippen LogP contribution < -0.4 is 19.6 Å². The molecule has 0 aliphatic heterocycles. The molecular weight excluding hydrogens is 467 g/mol. The predicted octanol–water partition coefficient (Wildman–Crippen LogP) is 5.14. The molecule has 1 N–H and O–H groups in total. The van der Waals surface area contributed by atoms with Crippen molar-refractivity contribution in [2.75, 3.05) is 13.2 Å². The number of benzene rings is 3. The van der Waals surface area contributed by atoms with Crippen LogP contribution in [0.1, 0.15) is 22.8 Å². The first-order valence-electron chi connectivity index (χ1n) is 9.89. The van der Waals surface area contributed by atoms with E-state index in [2.05, 4.69) is 10.5 Å². The van der Waals surface area contributed by atoms with Crippen LogP contribution in [-0.4, -0.2) is 31.3 Å². The highest BCUT2D eigenvalue weighted by molar-refractivity contribution is 6.30. The summed E-state index contributed by atoms with van der Waals surface area (Å²) in [6.45, 7) is 1.97. The summed E-state index contributed by atoms with van der Waals surface area (Å²) >= 11 is 11.7. The van der Waals surface area contributed by atoms with Gasteiger partial charge in [0.25, 0.3) is 5.91 Å². The number of rotatable bonds is 9. The van der Waals surface area contributed by atoms with Crippen molar-refractivity contribution in [1.29, 1.82) is 0 Å². The maximum absolute atomic E-state index is 12.4. The van der Waals surface area contributed by atoms with E-state index in [-0.39, 0.29) is 12.4 Å². The van der Waals surface area contributed by atoms with Crippen molar-refractivity contribution in [3.05, 3.63) is 87.9 Å². The Kier molecular flexibility index (Phi) is 8.69. The smallest absolute Gasteiger partial charge is 0.343 e. The molecule has 3 rings (SSSR count). The Bertz CT molecular complexity index is 1130. The first-order chi connectivity index (χ1) is 15.9. The van der Waals surface area contributed by atoms with Crippen LogP contribution in [0, 0.1) is 0 Å². The van der Waals surface area contributed by atoms with Crippen LogP contribution >= 0.6 is 23.2 Å². The van der Waals surface area contributed by atoms with Gasteiger partial charge in [-0.15, -0.1) is 0 Å². The first-order valence-corrected chi connectivity index (χ1v) is 10.6. The number of hydrazone groups is 1. The molecule has 0 aromatic heterocycles. The summed E-state index contributed by atoms with van der Waals surface area (Å²) in [7, 11) is 0. The van der Waals surface area contributed by atoms with E-state index in [0.717, 1.165) is 0 Å². The molecule has 170 valence electrons. The number of hydrogen-bond acceptors (Lipinski definition) is 6. The lowest BCUT2D eigenvalue weighted by molar-refractivity contribution is -0.123. The summed E-state index contributed by atoms with van der Waals surface area (Å²) in [5, 5.41) is 5.01. The average molecular weight is 487 g/mol. The van der Waals surface area contributed by atoms with E-state index >= 15 is 0 Å². The lowest BCUT2D eigenvalue weighted by atomic mass is 10.2. The second kappa shape index (κ2) is 11.9. The van der Waals surface area contributed by atoms with Crippen LogP contribution in [0.5, 0.6) is 17.2 Å². The molecule has 0 fully saturated rings. The second-order valence-electron chi connectivity index (χ2n) is 6.57. The van der Waals surface area contributed by atoms with Gasteiger partial charge in [0.1, 0.15) is 5.75 Å². The molecule has 0 saturated heterocycles. The van der Waals surface area contributed by atoms with E-state index in [9.17, 15) is 9.59 Å². The third-order valence-corrected chi connectivity index (χ3v) is 4.64. The zero-order valence-electron chi connectivity index (χ0n) is 17.6. The van der Waals surface area contributed by atoms with E-state index in [1.165, 1.54) is 6.21 Å². The van der Waals surface area contributed by atoms with E-state index in [1.54, 1.807) is 66.7 Å². The number of carbonyl (C=O) groups is 2. The van der Waals surface area contributed by atoms with Crippen molar-refractivity contribution < 1.29 is 23.8 Å². The van der Waals surface area contributed by atoms with Gasteiger partial charge in [0.15, 0.2) is 18.1 Å². The number of carbonyl (C=O) groups excluding carboxylic acids is 2. The Balaban J connectivity index is 1.58. The fraction of sp³-hybridized carbons (Fsp3) is 0.125. The minimum Gasteiger partial charge on any atom is -0.490 e. The summed E-state index contributed by atoms with van der Waals surface area (Å²) in [5.74, 6) is 0.167. The third kappa shape index (κ3) is 7.52. The molecule has 0 atom stereocenters. The average Bonchev–Trinajstić information content (AvgIpc) is 2.81. The van der Waals surface area contributed by atoms with Gasteiger partial charge < -0.3 is 14.2 Å². The Morgan fingerprint density at radius 2 is 1.58 bits per heavy atom. The van der Waals surface area contributed by atoms with E-state index < -0.39 is 11.9 Å². The highest BCUT2D eigenvalue weighted by Gasteiger charge is 2.13. The van der Waals surface area contributed by atoms with Crippen LogP contribution in [0.2, 0.25) is 10.0 Å². The molecular formula is C24H20Cl2N2O5. The maximum atomic E-state index is 12.4. The van der Waals surface area contributed by atoms with Crippen molar-refractivity contribution in [2.45, 2.75) is 6.92 Å². The van der Waals surface area contributed by atoms with Gasteiger partial charge in [-0.05, 0) is 79.2 Å². The van der Waals surface area contributed by atoms with Crippen LogP contribution in [0.3, 0.4) is 0 Å². The molecule has 7 nitrogen and oxygen atoms in total. The third-order valence-electron chi connectivity index (χ3n) is 4.14. The monoisotopic (exact) mass is 486 g/mol. The number of hydrogen-bond donors (Lipinski definition) is 1. The molecule has 0 spiro atoms. The fourth-order valence-corrected chi connectivity index (χ4v) is 2.85. The number of ether oxygens (including phenoxy) is 3. The minimum absolute atomic E-state index is 0.206. The van der Waals surface area contributed by atoms with Crippen molar-refractivity contribution in [1.82, 2.24) is 5.43 Å². The van der Waals surface area contributed by atoms with Crippen molar-refractivity contribution in [3.63, 3.8) is 0 Å². The Morgan fingerprint density at radius 1 is 0.909 bits per heavy atom. The molecule has 3 aromatic carbocycles. The van der Waals surface area contributed by atoms with Gasteiger partial charge in [0.05, 0.1) is 18.4 Å². The Hall–Kier alpha value is -3.55. The molecule has 0 saturated carbocycles. The predicted molar refractivity (Wildman–Crippen MR) is 127 cm³/mol. The van der Waals surface area contributed by atoms with Crippen LogP contribution in [0.25, 0.3) is 0 Å². The Labute approximate surface area is 200 Å². The topological polar surface area (TPSA) is 86.2 Å². The maximum Gasteiger partial charge on any atom is 0.343 e. The summed E-state index contributed by atoms with van der Waals surface area (Å²) in [4.78, 5) is 24.3. The van der Waals surface area contributed by atoms with E-state index in [1.807, 2.05) is 6.92 Å². The summed E-state index contributed by atoms with van der Waals surface area (Å²) in [6, 6.07) is 17.9. The largest absolute Gasteiger partial charge is 0.490 e. The summed E-state index contributed by atoms with van der Waals surface area (Å²) < 4.78 is 16.4. The molecule has 0 radical (unpaired) electrons. The highest BCUT2D eigenvalue weighted by Crippen LogP contribution is 2.29. The second-order valence-corrected chi connectivity index (χ2v) is 7.44. The van der Waals surface area contributed by atoms with Gasteiger partial charge in [-0.2, -0.15) is 5.10 Å². The fourth-order valence-electron chi connectivity index (χ4n) is 2.59. The number of nitrogens with one attached hydrogen (secondary N) is 1. The van der Waals surface area contributed by atoms with Crippen LogP contribution in [-0.2, 0) is 4.79 Å². The van der Waals surface area contributed by atoms with Crippen molar-refractivity contribution >= 4 is 41.3 Å². The van der Waals surface area contributed by atoms with Gasteiger partial charge in [-0.3, -0.25) is 4.79 Å². The zero-order valence-corrected chi connectivity index (χ0v) is 19.1. The van der Waals surface area contributed by atoms with E-state index in [0.29, 0.717) is 39.3 Å². The number of amides is 1. The lowest BCUT2D eigenvalue weighted by Crippen LogP contribution is -2.24. The first kappa shape index (κ1) is 24.1.